The molecule has 5 nitrogen and oxygen atoms in total. The molecule has 0 aliphatic carbocycles. The molecule has 0 aliphatic rings. The molecule has 0 fully saturated rings. The molecule has 0 unspecified atom stereocenters. The Bertz CT molecular complexity index is 628. The van der Waals surface area contributed by atoms with Gasteiger partial charge in [0.25, 0.3) is 0 Å². The van der Waals surface area contributed by atoms with Crippen molar-refractivity contribution in [2.45, 2.75) is 6.61 Å². The van der Waals surface area contributed by atoms with Crippen LogP contribution in [0.25, 0.3) is 0 Å². The molecule has 6 heteroatoms. The second-order valence-corrected chi connectivity index (χ2v) is 3.69. The molecule has 0 radical (unpaired) electrons. The molecular formula is C13H12FN3O2. The average molecular weight is 261 g/mol. The summed E-state index contributed by atoms with van der Waals surface area (Å²) in [5, 5.41) is 12.5. The van der Waals surface area contributed by atoms with E-state index in [-0.39, 0.29) is 18.8 Å². The van der Waals surface area contributed by atoms with Crippen LogP contribution in [-0.2, 0) is 13.7 Å². The lowest BCUT2D eigenvalue weighted by Crippen LogP contribution is -2.04. The average Bonchev–Trinajstić information content (AvgIpc) is 2.81. The number of nitrogens with zero attached hydrogens (tertiary/aromatic N) is 3. The van der Waals surface area contributed by atoms with Gasteiger partial charge in [0, 0.05) is 13.1 Å². The van der Waals surface area contributed by atoms with Crippen LogP contribution in [0.3, 0.4) is 0 Å². The van der Waals surface area contributed by atoms with E-state index in [1.807, 2.05) is 0 Å². The Labute approximate surface area is 109 Å². The maximum atomic E-state index is 13.6. The van der Waals surface area contributed by atoms with Gasteiger partial charge in [0.15, 0.2) is 5.82 Å². The van der Waals surface area contributed by atoms with E-state index in [1.165, 1.54) is 18.5 Å². The predicted octanol–water partition coefficient (Wildman–Crippen LogP) is 0.877. The van der Waals surface area contributed by atoms with Gasteiger partial charge in [-0.2, -0.15) is 5.10 Å². The quantitative estimate of drug-likeness (QED) is 0.833. The van der Waals surface area contributed by atoms with Crippen molar-refractivity contribution < 1.29 is 14.2 Å². The first-order valence-electron chi connectivity index (χ1n) is 5.55. The van der Waals surface area contributed by atoms with E-state index < -0.39 is 5.82 Å². The van der Waals surface area contributed by atoms with Gasteiger partial charge in [-0.05, 0) is 12.1 Å². The van der Waals surface area contributed by atoms with Crippen LogP contribution in [0.1, 0.15) is 11.4 Å². The highest BCUT2D eigenvalue weighted by Gasteiger charge is 2.05. The number of aryl methyl sites for hydroxylation is 1. The number of aromatic nitrogens is 3. The lowest BCUT2D eigenvalue weighted by atomic mass is 10.2. The summed E-state index contributed by atoms with van der Waals surface area (Å²) in [5.74, 6) is 5.44. The molecule has 0 bridgehead atoms. The molecule has 1 heterocycles. The van der Waals surface area contributed by atoms with E-state index in [4.69, 9.17) is 9.84 Å². The molecule has 0 atom stereocenters. The Morgan fingerprint density at radius 3 is 2.95 bits per heavy atom. The van der Waals surface area contributed by atoms with Gasteiger partial charge in [-0.3, -0.25) is 4.68 Å². The van der Waals surface area contributed by atoms with Crippen molar-refractivity contribution in [3.8, 4) is 17.6 Å². The summed E-state index contributed by atoms with van der Waals surface area (Å²) in [6.45, 7) is -0.0958. The first-order valence-corrected chi connectivity index (χ1v) is 5.55. The molecule has 2 aromatic rings. The van der Waals surface area contributed by atoms with Crippen LogP contribution in [0.5, 0.6) is 5.75 Å². The van der Waals surface area contributed by atoms with E-state index >= 15 is 0 Å². The summed E-state index contributed by atoms with van der Waals surface area (Å²) < 4.78 is 20.6. The largest absolute Gasteiger partial charge is 0.486 e. The molecule has 0 spiro atoms. The Balaban J connectivity index is 2.06. The zero-order valence-corrected chi connectivity index (χ0v) is 10.3. The summed E-state index contributed by atoms with van der Waals surface area (Å²) >= 11 is 0. The second-order valence-electron chi connectivity index (χ2n) is 3.69. The Kier molecular flexibility index (Phi) is 4.11. The van der Waals surface area contributed by atoms with E-state index in [1.54, 1.807) is 17.8 Å². The monoisotopic (exact) mass is 261 g/mol. The number of hydrogen-bond donors (Lipinski definition) is 1. The van der Waals surface area contributed by atoms with Gasteiger partial charge >= 0.3 is 0 Å². The van der Waals surface area contributed by atoms with Crippen molar-refractivity contribution in [1.29, 1.82) is 0 Å². The van der Waals surface area contributed by atoms with Gasteiger partial charge in [0.1, 0.15) is 31.1 Å². The van der Waals surface area contributed by atoms with Gasteiger partial charge in [0.2, 0.25) is 0 Å². The first-order chi connectivity index (χ1) is 9.20. The van der Waals surface area contributed by atoms with Crippen LogP contribution >= 0.6 is 0 Å². The normalized spacial score (nSPS) is 9.84. The van der Waals surface area contributed by atoms with Crippen molar-refractivity contribution in [2.24, 2.45) is 7.05 Å². The molecule has 0 aliphatic heterocycles. The maximum absolute atomic E-state index is 13.6. The zero-order chi connectivity index (χ0) is 13.7. The van der Waals surface area contributed by atoms with Crippen LogP contribution in [0.4, 0.5) is 4.39 Å². The number of rotatable bonds is 3. The zero-order valence-electron chi connectivity index (χ0n) is 10.3. The number of benzene rings is 1. The number of halogens is 1. The molecule has 0 amide bonds. The maximum Gasteiger partial charge on any atom is 0.164 e. The fourth-order valence-corrected chi connectivity index (χ4v) is 1.42. The van der Waals surface area contributed by atoms with Crippen LogP contribution in [-0.4, -0.2) is 26.5 Å². The highest BCUT2D eigenvalue weighted by Crippen LogP contribution is 2.17. The Morgan fingerprint density at radius 1 is 1.47 bits per heavy atom. The van der Waals surface area contributed by atoms with Crippen LogP contribution in [0.2, 0.25) is 0 Å². The molecule has 1 aromatic carbocycles. The van der Waals surface area contributed by atoms with Crippen LogP contribution in [0, 0.1) is 17.7 Å². The van der Waals surface area contributed by atoms with Crippen molar-refractivity contribution in [1.82, 2.24) is 14.8 Å². The summed E-state index contributed by atoms with van der Waals surface area (Å²) in [7, 11) is 1.75. The Morgan fingerprint density at radius 2 is 2.32 bits per heavy atom. The number of aliphatic hydroxyl groups excluding tert-OH is 1. The number of hydrogen-bond acceptors (Lipinski definition) is 4. The Hall–Kier alpha value is -2.39. The summed E-state index contributed by atoms with van der Waals surface area (Å²) in [6.07, 6.45) is 1.42. The third-order valence-corrected chi connectivity index (χ3v) is 2.42. The molecule has 98 valence electrons. The van der Waals surface area contributed by atoms with Crippen LogP contribution < -0.4 is 4.74 Å². The van der Waals surface area contributed by atoms with Crippen molar-refractivity contribution in [3.63, 3.8) is 0 Å². The van der Waals surface area contributed by atoms with E-state index in [0.717, 1.165) is 0 Å². The molecule has 1 aromatic heterocycles. The van der Waals surface area contributed by atoms with Crippen molar-refractivity contribution >= 4 is 0 Å². The summed E-state index contributed by atoms with van der Waals surface area (Å²) in [6, 6.07) is 4.36. The third kappa shape index (κ3) is 3.30. The highest BCUT2D eigenvalue weighted by molar-refractivity contribution is 5.39. The highest BCUT2D eigenvalue weighted by atomic mass is 19.1. The van der Waals surface area contributed by atoms with Gasteiger partial charge in [-0.15, -0.1) is 0 Å². The lowest BCUT2D eigenvalue weighted by Gasteiger charge is -2.06. The SMILES string of the molecule is Cn1ncnc1COc1ccc(C#CCO)c(F)c1. The van der Waals surface area contributed by atoms with Gasteiger partial charge in [-0.1, -0.05) is 11.8 Å². The number of aliphatic hydroxyl groups is 1. The molecule has 19 heavy (non-hydrogen) atoms. The van der Waals surface area contributed by atoms with Crippen LogP contribution in [0.15, 0.2) is 24.5 Å². The van der Waals surface area contributed by atoms with E-state index in [9.17, 15) is 4.39 Å². The standard InChI is InChI=1S/C13H12FN3O2/c1-17-13(15-9-16-17)8-19-11-5-4-10(3-2-6-18)12(14)7-11/h4-5,7,9,18H,6,8H2,1H3. The van der Waals surface area contributed by atoms with Gasteiger partial charge in [0.05, 0.1) is 5.56 Å². The van der Waals surface area contributed by atoms with Gasteiger partial charge in [-0.25, -0.2) is 9.37 Å². The minimum absolute atomic E-state index is 0.206. The molecule has 0 saturated heterocycles. The first kappa shape index (κ1) is 13.1. The smallest absolute Gasteiger partial charge is 0.164 e. The topological polar surface area (TPSA) is 60.2 Å². The molecule has 1 N–H and O–H groups in total. The third-order valence-electron chi connectivity index (χ3n) is 2.42. The number of ether oxygens (including phenoxy) is 1. The summed E-state index contributed by atoms with van der Waals surface area (Å²) in [5.41, 5.74) is 0.222. The molecule has 0 saturated carbocycles. The lowest BCUT2D eigenvalue weighted by molar-refractivity contribution is 0.288. The van der Waals surface area contributed by atoms with E-state index in [0.29, 0.717) is 11.6 Å². The summed E-state index contributed by atoms with van der Waals surface area (Å²) in [4.78, 5) is 3.99. The van der Waals surface area contributed by atoms with Crippen molar-refractivity contribution in [2.75, 3.05) is 6.61 Å². The minimum Gasteiger partial charge on any atom is -0.486 e. The van der Waals surface area contributed by atoms with E-state index in [2.05, 4.69) is 21.9 Å². The van der Waals surface area contributed by atoms with Crippen molar-refractivity contribution in [3.05, 3.63) is 41.7 Å². The fourth-order valence-electron chi connectivity index (χ4n) is 1.42. The second kappa shape index (κ2) is 5.98. The predicted molar refractivity (Wildman–Crippen MR) is 65.7 cm³/mol. The molecule has 2 rings (SSSR count). The van der Waals surface area contributed by atoms with Gasteiger partial charge < -0.3 is 9.84 Å². The minimum atomic E-state index is -0.489. The molecular weight excluding hydrogens is 249 g/mol. The fraction of sp³-hybridized carbons (Fsp3) is 0.231.